The summed E-state index contributed by atoms with van der Waals surface area (Å²) in [4.78, 5) is 13.4. The molecule has 5 rings (SSSR count). The van der Waals surface area contributed by atoms with Gasteiger partial charge in [0.1, 0.15) is 11.6 Å². The number of allylic oxidation sites excluding steroid dienone is 2. The molecule has 0 amide bonds. The fraction of sp³-hybridized carbons (Fsp3) is 0.308. The first-order valence-corrected chi connectivity index (χ1v) is 10.7. The van der Waals surface area contributed by atoms with E-state index in [4.69, 9.17) is 9.84 Å². The van der Waals surface area contributed by atoms with Crippen LogP contribution in [0.3, 0.4) is 0 Å². The summed E-state index contributed by atoms with van der Waals surface area (Å²) < 4.78 is 7.33. The summed E-state index contributed by atoms with van der Waals surface area (Å²) in [5.41, 5.74) is 5.91. The highest BCUT2D eigenvalue weighted by molar-refractivity contribution is 6.01. The maximum atomic E-state index is 13.4. The Morgan fingerprint density at radius 2 is 1.77 bits per heavy atom. The highest BCUT2D eigenvalue weighted by Crippen LogP contribution is 2.50. The Morgan fingerprint density at radius 1 is 1.06 bits per heavy atom. The van der Waals surface area contributed by atoms with Crippen molar-refractivity contribution in [3.05, 3.63) is 82.7 Å². The van der Waals surface area contributed by atoms with Crippen molar-refractivity contribution in [3.8, 4) is 11.4 Å². The molecule has 0 bridgehead atoms. The summed E-state index contributed by atoms with van der Waals surface area (Å²) in [6.07, 6.45) is 1.39. The Morgan fingerprint density at radius 3 is 2.45 bits per heavy atom. The molecule has 0 saturated heterocycles. The van der Waals surface area contributed by atoms with E-state index in [9.17, 15) is 4.79 Å². The van der Waals surface area contributed by atoms with E-state index < -0.39 is 0 Å². The van der Waals surface area contributed by atoms with Gasteiger partial charge in [0.15, 0.2) is 5.78 Å². The van der Waals surface area contributed by atoms with Gasteiger partial charge in [0.25, 0.3) is 0 Å². The molecule has 5 nitrogen and oxygen atoms in total. The third-order valence-corrected chi connectivity index (χ3v) is 6.32. The number of carbonyl (C=O) groups is 1. The van der Waals surface area contributed by atoms with Crippen LogP contribution < -0.4 is 10.1 Å². The van der Waals surface area contributed by atoms with Crippen molar-refractivity contribution in [2.24, 2.45) is 5.41 Å². The average molecular weight is 414 g/mol. The van der Waals surface area contributed by atoms with E-state index >= 15 is 0 Å². The lowest BCUT2D eigenvalue weighted by atomic mass is 9.69. The number of hydrogen-bond donors (Lipinski definition) is 1. The molecule has 0 unspecified atom stereocenters. The number of ether oxygens (including phenoxy) is 1. The number of hydrogen-bond acceptors (Lipinski definition) is 4. The number of Topliss-reactive ketones (excluding diaryl/α,β-unsaturated/α-hetero) is 1. The summed E-state index contributed by atoms with van der Waals surface area (Å²) >= 11 is 0. The normalized spacial score (nSPS) is 19.5. The van der Waals surface area contributed by atoms with E-state index in [1.54, 1.807) is 7.11 Å². The monoisotopic (exact) mass is 413 g/mol. The molecule has 1 atom stereocenters. The molecule has 2 aromatic carbocycles. The van der Waals surface area contributed by atoms with Gasteiger partial charge in [-0.3, -0.25) is 4.79 Å². The number of fused-ring (bicyclic) bond motifs is 1. The number of ketones is 1. The zero-order valence-electron chi connectivity index (χ0n) is 18.4. The molecule has 5 heteroatoms. The van der Waals surface area contributed by atoms with Gasteiger partial charge >= 0.3 is 0 Å². The van der Waals surface area contributed by atoms with E-state index in [-0.39, 0.29) is 17.1 Å². The van der Waals surface area contributed by atoms with Crippen molar-refractivity contribution in [1.29, 1.82) is 0 Å². The first-order chi connectivity index (χ1) is 14.9. The van der Waals surface area contributed by atoms with Crippen molar-refractivity contribution in [2.45, 2.75) is 39.5 Å². The number of methoxy groups -OCH3 is 1. The van der Waals surface area contributed by atoms with Crippen LogP contribution in [0.4, 0.5) is 5.82 Å². The molecule has 0 radical (unpaired) electrons. The lowest BCUT2D eigenvalue weighted by Crippen LogP contribution is -2.34. The van der Waals surface area contributed by atoms with E-state index in [0.717, 1.165) is 51.8 Å². The number of carbonyl (C=O) groups excluding carboxylic acids is 1. The van der Waals surface area contributed by atoms with Crippen LogP contribution in [0.2, 0.25) is 0 Å². The van der Waals surface area contributed by atoms with Crippen molar-refractivity contribution >= 4 is 11.6 Å². The molecule has 0 spiro atoms. The molecule has 2 heterocycles. The van der Waals surface area contributed by atoms with Crippen molar-refractivity contribution < 1.29 is 9.53 Å². The Bertz CT molecular complexity index is 1190. The third kappa shape index (κ3) is 3.25. The molecule has 1 aliphatic carbocycles. The number of aryl methyl sites for hydroxylation is 1. The van der Waals surface area contributed by atoms with E-state index in [0.29, 0.717) is 6.42 Å². The molecular formula is C26H27N3O2. The predicted molar refractivity (Wildman–Crippen MR) is 122 cm³/mol. The quantitative estimate of drug-likeness (QED) is 0.625. The van der Waals surface area contributed by atoms with Crippen LogP contribution in [0.15, 0.2) is 65.9 Å². The molecule has 2 aliphatic rings. The summed E-state index contributed by atoms with van der Waals surface area (Å²) in [5.74, 6) is 1.84. The van der Waals surface area contributed by atoms with Gasteiger partial charge in [-0.25, -0.2) is 4.68 Å². The molecule has 158 valence electrons. The molecule has 0 saturated carbocycles. The smallest absolute Gasteiger partial charge is 0.162 e. The number of nitrogens with one attached hydrogen (secondary N) is 1. The highest BCUT2D eigenvalue weighted by Gasteiger charge is 2.42. The SMILES string of the molecule is COc1ccc([C@@H]2C3=C(CC(C)(C)CC3=O)Nc3c2c(C)nn3-c2ccccc2)cc1. The van der Waals surface area contributed by atoms with Crippen LogP contribution in [0.1, 0.15) is 49.4 Å². The number of para-hydroxylation sites is 1. The number of benzene rings is 2. The molecule has 0 fully saturated rings. The second-order valence-corrected chi connectivity index (χ2v) is 9.26. The van der Waals surface area contributed by atoms with Crippen LogP contribution in [0.25, 0.3) is 5.69 Å². The Labute approximate surface area is 182 Å². The first-order valence-electron chi connectivity index (χ1n) is 10.7. The van der Waals surface area contributed by atoms with E-state index in [1.165, 1.54) is 0 Å². The lowest BCUT2D eigenvalue weighted by Gasteiger charge is -2.38. The Balaban J connectivity index is 1.74. The van der Waals surface area contributed by atoms with Crippen LogP contribution in [-0.2, 0) is 4.79 Å². The largest absolute Gasteiger partial charge is 0.497 e. The Kier molecular flexibility index (Phi) is 4.50. The van der Waals surface area contributed by atoms with Gasteiger partial charge in [-0.1, -0.05) is 44.2 Å². The minimum Gasteiger partial charge on any atom is -0.497 e. The number of nitrogens with zero attached hydrogens (tertiary/aromatic N) is 2. The van der Waals surface area contributed by atoms with Crippen LogP contribution in [0, 0.1) is 12.3 Å². The van der Waals surface area contributed by atoms with Gasteiger partial charge in [0.05, 0.1) is 18.5 Å². The van der Waals surface area contributed by atoms with E-state index in [2.05, 4.69) is 43.4 Å². The Hall–Kier alpha value is -3.34. The third-order valence-electron chi connectivity index (χ3n) is 6.32. The summed E-state index contributed by atoms with van der Waals surface area (Å²) in [6, 6.07) is 18.2. The predicted octanol–water partition coefficient (Wildman–Crippen LogP) is 5.39. The summed E-state index contributed by atoms with van der Waals surface area (Å²) in [5, 5.41) is 8.51. The zero-order valence-corrected chi connectivity index (χ0v) is 18.4. The van der Waals surface area contributed by atoms with Gasteiger partial charge in [-0.15, -0.1) is 0 Å². The zero-order chi connectivity index (χ0) is 21.8. The molecule has 1 aliphatic heterocycles. The van der Waals surface area contributed by atoms with Crippen LogP contribution in [0.5, 0.6) is 5.75 Å². The molecule has 31 heavy (non-hydrogen) atoms. The number of rotatable bonds is 3. The molecule has 3 aromatic rings. The maximum Gasteiger partial charge on any atom is 0.162 e. The summed E-state index contributed by atoms with van der Waals surface area (Å²) in [6.45, 7) is 6.35. The summed E-state index contributed by atoms with van der Waals surface area (Å²) in [7, 11) is 1.67. The second-order valence-electron chi connectivity index (χ2n) is 9.26. The van der Waals surface area contributed by atoms with Crippen molar-refractivity contribution in [3.63, 3.8) is 0 Å². The molecule has 1 N–H and O–H groups in total. The van der Waals surface area contributed by atoms with Crippen LogP contribution >= 0.6 is 0 Å². The van der Waals surface area contributed by atoms with Gasteiger partial charge in [-0.05, 0) is 48.6 Å². The number of aromatic nitrogens is 2. The van der Waals surface area contributed by atoms with Crippen LogP contribution in [-0.4, -0.2) is 22.7 Å². The van der Waals surface area contributed by atoms with Gasteiger partial charge < -0.3 is 10.1 Å². The maximum absolute atomic E-state index is 13.4. The first kappa shape index (κ1) is 19.6. The topological polar surface area (TPSA) is 56.1 Å². The van der Waals surface area contributed by atoms with Crippen molar-refractivity contribution in [1.82, 2.24) is 9.78 Å². The number of anilines is 1. The lowest BCUT2D eigenvalue weighted by molar-refractivity contribution is -0.118. The molecular weight excluding hydrogens is 386 g/mol. The highest BCUT2D eigenvalue weighted by atomic mass is 16.5. The van der Waals surface area contributed by atoms with Gasteiger partial charge in [-0.2, -0.15) is 5.10 Å². The standard InChI is InChI=1S/C26H27N3O2/c1-16-22-23(17-10-12-19(31-4)13-11-17)24-20(14-26(2,3)15-21(24)30)27-25(22)29(28-16)18-8-6-5-7-9-18/h5-13,23,27H,14-15H2,1-4H3/t23-/m0/s1. The van der Waals surface area contributed by atoms with E-state index in [1.807, 2.05) is 41.9 Å². The average Bonchev–Trinajstić information content (AvgIpc) is 3.08. The second kappa shape index (κ2) is 7.12. The minimum absolute atomic E-state index is 0.0719. The fourth-order valence-electron chi connectivity index (χ4n) is 4.96. The fourth-order valence-corrected chi connectivity index (χ4v) is 4.96. The van der Waals surface area contributed by atoms with Crippen molar-refractivity contribution in [2.75, 3.05) is 12.4 Å². The molecule has 1 aromatic heterocycles. The van der Waals surface area contributed by atoms with Gasteiger partial charge in [0.2, 0.25) is 0 Å². The van der Waals surface area contributed by atoms with Gasteiger partial charge in [0, 0.05) is 29.2 Å². The minimum atomic E-state index is -0.141.